The van der Waals surface area contributed by atoms with Gasteiger partial charge in [0.25, 0.3) is 5.91 Å². The first-order chi connectivity index (χ1) is 11.6. The Morgan fingerprint density at radius 1 is 1.12 bits per heavy atom. The van der Waals surface area contributed by atoms with E-state index in [-0.39, 0.29) is 5.91 Å². The zero-order valence-corrected chi connectivity index (χ0v) is 14.5. The number of carbonyl (C=O) groups is 1. The quantitative estimate of drug-likeness (QED) is 0.695. The van der Waals surface area contributed by atoms with E-state index in [1.165, 1.54) is 5.56 Å². The van der Waals surface area contributed by atoms with Crippen molar-refractivity contribution in [2.45, 2.75) is 12.8 Å². The van der Waals surface area contributed by atoms with Crippen LogP contribution >= 0.6 is 0 Å². The maximum absolute atomic E-state index is 12.2. The van der Waals surface area contributed by atoms with Gasteiger partial charge in [-0.25, -0.2) is 4.98 Å². The molecule has 0 bridgehead atoms. The lowest BCUT2D eigenvalue weighted by molar-refractivity contribution is 0.0954. The van der Waals surface area contributed by atoms with E-state index >= 15 is 0 Å². The zero-order valence-electron chi connectivity index (χ0n) is 14.5. The van der Waals surface area contributed by atoms with Crippen molar-refractivity contribution in [3.8, 4) is 0 Å². The summed E-state index contributed by atoms with van der Waals surface area (Å²) >= 11 is 0. The van der Waals surface area contributed by atoms with Crippen LogP contribution in [0.3, 0.4) is 0 Å². The normalized spacial score (nSPS) is 10.6. The third-order valence-corrected chi connectivity index (χ3v) is 3.65. The summed E-state index contributed by atoms with van der Waals surface area (Å²) in [5.41, 5.74) is 1.85. The molecule has 1 aromatic heterocycles. The summed E-state index contributed by atoms with van der Waals surface area (Å²) in [6, 6.07) is 13.7. The summed E-state index contributed by atoms with van der Waals surface area (Å²) < 4.78 is 0. The van der Waals surface area contributed by atoms with Gasteiger partial charge >= 0.3 is 0 Å². The Labute approximate surface area is 144 Å². The van der Waals surface area contributed by atoms with Crippen molar-refractivity contribution in [3.63, 3.8) is 0 Å². The fraction of sp³-hybridized carbons (Fsp3) is 0.368. The van der Waals surface area contributed by atoms with Crippen LogP contribution in [0, 0.1) is 0 Å². The monoisotopic (exact) mass is 326 g/mol. The number of nitrogens with zero attached hydrogens (tertiary/aromatic N) is 2. The number of carbonyl (C=O) groups excluding carboxylic acids is 1. The second-order valence-corrected chi connectivity index (χ2v) is 6.00. The Morgan fingerprint density at radius 2 is 1.92 bits per heavy atom. The summed E-state index contributed by atoms with van der Waals surface area (Å²) in [5.74, 6) is 0.675. The molecule has 0 unspecified atom stereocenters. The number of aromatic nitrogens is 1. The lowest BCUT2D eigenvalue weighted by Crippen LogP contribution is -2.25. The molecule has 128 valence electrons. The molecular weight excluding hydrogens is 300 g/mol. The van der Waals surface area contributed by atoms with Gasteiger partial charge in [0.1, 0.15) is 5.82 Å². The molecule has 1 amide bonds. The lowest BCUT2D eigenvalue weighted by atomic mass is 10.1. The molecule has 1 heterocycles. The molecule has 0 saturated carbocycles. The first-order valence-electron chi connectivity index (χ1n) is 8.32. The second kappa shape index (κ2) is 9.67. The van der Waals surface area contributed by atoms with E-state index in [0.29, 0.717) is 12.1 Å². The SMILES string of the molecule is CN(C)CCCNc1cc(C(=O)NCCc2ccccc2)ccn1. The van der Waals surface area contributed by atoms with Crippen molar-refractivity contribution in [2.75, 3.05) is 39.0 Å². The molecular formula is C19H26N4O. The van der Waals surface area contributed by atoms with Gasteiger partial charge in [-0.05, 0) is 51.2 Å². The highest BCUT2D eigenvalue weighted by Crippen LogP contribution is 2.07. The number of amides is 1. The Bertz CT molecular complexity index is 628. The largest absolute Gasteiger partial charge is 0.370 e. The Kier molecular flexibility index (Phi) is 7.23. The molecule has 0 spiro atoms. The molecule has 0 fully saturated rings. The molecule has 0 aliphatic heterocycles. The van der Waals surface area contributed by atoms with E-state index < -0.39 is 0 Å². The van der Waals surface area contributed by atoms with Crippen molar-refractivity contribution in [3.05, 3.63) is 59.8 Å². The van der Waals surface area contributed by atoms with Crippen molar-refractivity contribution in [1.82, 2.24) is 15.2 Å². The zero-order chi connectivity index (χ0) is 17.2. The number of nitrogens with one attached hydrogen (secondary N) is 2. The van der Waals surface area contributed by atoms with Gasteiger partial charge < -0.3 is 15.5 Å². The van der Waals surface area contributed by atoms with Gasteiger partial charge in [0.15, 0.2) is 0 Å². The van der Waals surface area contributed by atoms with Gasteiger partial charge in [-0.1, -0.05) is 30.3 Å². The van der Waals surface area contributed by atoms with Crippen molar-refractivity contribution in [1.29, 1.82) is 0 Å². The lowest BCUT2D eigenvalue weighted by Gasteiger charge is -2.11. The molecule has 24 heavy (non-hydrogen) atoms. The number of pyridine rings is 1. The average molecular weight is 326 g/mol. The van der Waals surface area contributed by atoms with Crippen LogP contribution in [0.15, 0.2) is 48.7 Å². The number of benzene rings is 1. The van der Waals surface area contributed by atoms with Crippen molar-refractivity contribution < 1.29 is 4.79 Å². The fourth-order valence-corrected chi connectivity index (χ4v) is 2.35. The minimum Gasteiger partial charge on any atom is -0.370 e. The molecule has 5 nitrogen and oxygen atoms in total. The van der Waals surface area contributed by atoms with Crippen LogP contribution in [0.5, 0.6) is 0 Å². The average Bonchev–Trinajstić information content (AvgIpc) is 2.60. The number of hydrogen-bond acceptors (Lipinski definition) is 4. The first-order valence-corrected chi connectivity index (χ1v) is 8.32. The van der Waals surface area contributed by atoms with Crippen LogP contribution < -0.4 is 10.6 Å². The third kappa shape index (κ3) is 6.38. The molecule has 2 rings (SSSR count). The van der Waals surface area contributed by atoms with E-state index in [9.17, 15) is 4.79 Å². The van der Waals surface area contributed by atoms with Crippen molar-refractivity contribution in [2.24, 2.45) is 0 Å². The van der Waals surface area contributed by atoms with E-state index in [4.69, 9.17) is 0 Å². The number of rotatable bonds is 9. The molecule has 0 aliphatic carbocycles. The second-order valence-electron chi connectivity index (χ2n) is 6.00. The fourth-order valence-electron chi connectivity index (χ4n) is 2.35. The van der Waals surface area contributed by atoms with Crippen molar-refractivity contribution >= 4 is 11.7 Å². The minimum atomic E-state index is -0.0651. The van der Waals surface area contributed by atoms with E-state index in [0.717, 1.165) is 31.7 Å². The molecule has 5 heteroatoms. The summed E-state index contributed by atoms with van der Waals surface area (Å²) in [7, 11) is 4.11. The Morgan fingerprint density at radius 3 is 2.67 bits per heavy atom. The summed E-state index contributed by atoms with van der Waals surface area (Å²) in [6.07, 6.45) is 3.52. The number of anilines is 1. The van der Waals surface area contributed by atoms with Gasteiger partial charge in [-0.2, -0.15) is 0 Å². The molecule has 0 aliphatic rings. The first kappa shape index (κ1) is 17.9. The highest BCUT2D eigenvalue weighted by atomic mass is 16.1. The Balaban J connectivity index is 1.78. The smallest absolute Gasteiger partial charge is 0.251 e. The van der Waals surface area contributed by atoms with Crippen LogP contribution in [0.1, 0.15) is 22.3 Å². The van der Waals surface area contributed by atoms with Crippen LogP contribution in [0.25, 0.3) is 0 Å². The van der Waals surface area contributed by atoms with Crippen LogP contribution in [0.4, 0.5) is 5.82 Å². The summed E-state index contributed by atoms with van der Waals surface area (Å²) in [5, 5.41) is 6.22. The maximum Gasteiger partial charge on any atom is 0.251 e. The molecule has 2 aromatic rings. The molecule has 0 radical (unpaired) electrons. The summed E-state index contributed by atoms with van der Waals surface area (Å²) in [6.45, 7) is 2.48. The van der Waals surface area contributed by atoms with Gasteiger partial charge in [0.05, 0.1) is 0 Å². The van der Waals surface area contributed by atoms with Crippen LogP contribution in [-0.2, 0) is 6.42 Å². The molecule has 1 aromatic carbocycles. The molecule has 0 saturated heterocycles. The minimum absolute atomic E-state index is 0.0651. The predicted octanol–water partition coefficient (Wildman–Crippen LogP) is 2.42. The Hall–Kier alpha value is -2.40. The predicted molar refractivity (Wildman–Crippen MR) is 98.4 cm³/mol. The van der Waals surface area contributed by atoms with Gasteiger partial charge in [-0.3, -0.25) is 4.79 Å². The van der Waals surface area contributed by atoms with Gasteiger partial charge in [-0.15, -0.1) is 0 Å². The van der Waals surface area contributed by atoms with Crippen LogP contribution in [-0.4, -0.2) is 49.5 Å². The van der Waals surface area contributed by atoms with E-state index in [2.05, 4.69) is 46.7 Å². The molecule has 0 atom stereocenters. The van der Waals surface area contributed by atoms with Crippen LogP contribution in [0.2, 0.25) is 0 Å². The standard InChI is InChI=1S/C19H26N4O/c1-23(2)14-6-11-20-18-15-17(10-13-21-18)19(24)22-12-9-16-7-4-3-5-8-16/h3-5,7-8,10,13,15H,6,9,11-12,14H2,1-2H3,(H,20,21)(H,22,24). The summed E-state index contributed by atoms with van der Waals surface area (Å²) in [4.78, 5) is 18.6. The maximum atomic E-state index is 12.2. The van der Waals surface area contributed by atoms with Gasteiger partial charge in [0.2, 0.25) is 0 Å². The van der Waals surface area contributed by atoms with E-state index in [1.807, 2.05) is 18.2 Å². The van der Waals surface area contributed by atoms with E-state index in [1.54, 1.807) is 18.3 Å². The third-order valence-electron chi connectivity index (χ3n) is 3.65. The van der Waals surface area contributed by atoms with Gasteiger partial charge in [0, 0.05) is 24.8 Å². The highest BCUT2D eigenvalue weighted by Gasteiger charge is 2.06. The molecule has 2 N–H and O–H groups in total. The number of hydrogen-bond donors (Lipinski definition) is 2. The highest BCUT2D eigenvalue weighted by molar-refractivity contribution is 5.94. The topological polar surface area (TPSA) is 57.3 Å².